The van der Waals surface area contributed by atoms with Gasteiger partial charge in [-0.15, -0.1) is 27.7 Å². The number of phenols is 1. The van der Waals surface area contributed by atoms with Crippen LogP contribution in [0.25, 0.3) is 33.7 Å². The number of piperidine rings is 1. The molecule has 4 heterocycles. The van der Waals surface area contributed by atoms with Crippen LogP contribution in [0.5, 0.6) is 5.75 Å². The zero-order valence-corrected chi connectivity index (χ0v) is 20.1. The number of fused-ring (bicyclic) bond motifs is 1. The Bertz CT molecular complexity index is 1290. The van der Waals surface area contributed by atoms with Gasteiger partial charge in [0.05, 0.1) is 17.9 Å². The Morgan fingerprint density at radius 2 is 1.73 bits per heavy atom. The Morgan fingerprint density at radius 1 is 1.00 bits per heavy atom. The predicted octanol–water partition coefficient (Wildman–Crippen LogP) is 3.29. The maximum Gasteiger partial charge on any atom is 0.201 e. The van der Waals surface area contributed by atoms with Crippen LogP contribution in [0, 0.1) is 0 Å². The van der Waals surface area contributed by atoms with Gasteiger partial charge in [-0.1, -0.05) is 11.3 Å². The predicted molar refractivity (Wildman–Crippen MR) is 127 cm³/mol. The van der Waals surface area contributed by atoms with Crippen molar-refractivity contribution in [3.8, 4) is 28.3 Å². The maximum atomic E-state index is 10.6. The zero-order valence-electron chi connectivity index (χ0n) is 19.3. The smallest absolute Gasteiger partial charge is 0.201 e. The van der Waals surface area contributed by atoms with Crippen molar-refractivity contribution < 1.29 is 5.11 Å². The molecule has 3 aromatic heterocycles. The second-order valence-electron chi connectivity index (χ2n) is 9.88. The van der Waals surface area contributed by atoms with Gasteiger partial charge in [-0.25, -0.2) is 4.68 Å². The van der Waals surface area contributed by atoms with E-state index in [2.05, 4.69) is 63.7 Å². The van der Waals surface area contributed by atoms with Crippen LogP contribution in [0.4, 0.5) is 0 Å². The molecular formula is C22H28ClN9O. The third kappa shape index (κ3) is 4.40. The van der Waals surface area contributed by atoms with Gasteiger partial charge in [0.25, 0.3) is 0 Å². The first-order valence-corrected chi connectivity index (χ1v) is 10.7. The van der Waals surface area contributed by atoms with E-state index in [1.807, 2.05) is 16.8 Å². The molecule has 0 atom stereocenters. The highest BCUT2D eigenvalue weighted by molar-refractivity contribution is 5.85. The summed E-state index contributed by atoms with van der Waals surface area (Å²) in [5.41, 5.74) is 3.85. The van der Waals surface area contributed by atoms with E-state index in [-0.39, 0.29) is 35.3 Å². The van der Waals surface area contributed by atoms with E-state index in [9.17, 15) is 5.11 Å². The number of hydrogen-bond donors (Lipinski definition) is 2. The van der Waals surface area contributed by atoms with Gasteiger partial charge in [-0.3, -0.25) is 0 Å². The van der Waals surface area contributed by atoms with Gasteiger partial charge in [0.15, 0.2) is 0 Å². The molecule has 10 nitrogen and oxygen atoms in total. The summed E-state index contributed by atoms with van der Waals surface area (Å²) in [7, 11) is 1.75. The fourth-order valence-electron chi connectivity index (χ4n) is 4.96. The quantitative estimate of drug-likeness (QED) is 0.469. The summed E-state index contributed by atoms with van der Waals surface area (Å²) < 4.78 is 1.90. The fourth-order valence-corrected chi connectivity index (χ4v) is 4.96. The van der Waals surface area contributed by atoms with Crippen molar-refractivity contribution in [3.05, 3.63) is 30.5 Å². The molecule has 0 unspecified atom stereocenters. The summed E-state index contributed by atoms with van der Waals surface area (Å²) in [5.74, 6) is 0.0936. The molecule has 0 radical (unpaired) electrons. The van der Waals surface area contributed by atoms with Crippen LogP contribution in [-0.2, 0) is 7.05 Å². The van der Waals surface area contributed by atoms with Crippen molar-refractivity contribution in [3.63, 3.8) is 0 Å². The third-order valence-corrected chi connectivity index (χ3v) is 5.90. The summed E-state index contributed by atoms with van der Waals surface area (Å²) in [6.45, 7) is 8.82. The monoisotopic (exact) mass is 469 g/mol. The number of aromatic hydroxyl groups is 1. The highest BCUT2D eigenvalue weighted by atomic mass is 35.5. The first kappa shape index (κ1) is 23.1. The van der Waals surface area contributed by atoms with Crippen molar-refractivity contribution in [2.75, 3.05) is 0 Å². The Labute approximate surface area is 197 Å². The van der Waals surface area contributed by atoms with Crippen LogP contribution in [0.2, 0.25) is 0 Å². The van der Waals surface area contributed by atoms with Crippen LogP contribution in [0.15, 0.2) is 30.5 Å². The number of halogens is 1. The van der Waals surface area contributed by atoms with E-state index in [1.165, 1.54) is 4.80 Å². The van der Waals surface area contributed by atoms with Gasteiger partial charge in [-0.05, 0) is 58.7 Å². The number of benzene rings is 1. The van der Waals surface area contributed by atoms with Crippen molar-refractivity contribution in [1.82, 2.24) is 45.5 Å². The lowest BCUT2D eigenvalue weighted by Crippen LogP contribution is -2.58. The molecule has 1 fully saturated rings. The van der Waals surface area contributed by atoms with Gasteiger partial charge in [0, 0.05) is 29.3 Å². The molecule has 2 N–H and O–H groups in total. The standard InChI is InChI=1S/C22H27N9O.ClH/c1-21(2)10-14(11-22(3,4)28-21)31-20-17(25-29-31)9-16(24-26-20)15-7-6-13(8-19(15)32)18-12-23-30(5)27-18;/h6-9,12,14,28,32H,10-11H2,1-5H3;1H. The molecule has 174 valence electrons. The molecule has 1 aromatic carbocycles. The summed E-state index contributed by atoms with van der Waals surface area (Å²) in [5, 5.41) is 40.3. The minimum absolute atomic E-state index is 0. The number of nitrogens with one attached hydrogen (secondary N) is 1. The lowest BCUT2D eigenvalue weighted by atomic mass is 9.80. The topological polar surface area (TPSA) is 119 Å². The number of aryl methyl sites for hydroxylation is 1. The van der Waals surface area contributed by atoms with Crippen LogP contribution in [0.3, 0.4) is 0 Å². The second kappa shape index (κ2) is 8.03. The van der Waals surface area contributed by atoms with Gasteiger partial charge < -0.3 is 10.4 Å². The Balaban J connectivity index is 0.00000259. The van der Waals surface area contributed by atoms with Gasteiger partial charge in [0.2, 0.25) is 5.65 Å². The molecule has 5 rings (SSSR count). The summed E-state index contributed by atoms with van der Waals surface area (Å²) >= 11 is 0. The Morgan fingerprint density at radius 3 is 2.36 bits per heavy atom. The number of hydrogen-bond acceptors (Lipinski definition) is 8. The molecule has 1 saturated heterocycles. The average molecular weight is 470 g/mol. The van der Waals surface area contributed by atoms with Crippen LogP contribution in [0.1, 0.15) is 46.6 Å². The largest absolute Gasteiger partial charge is 0.507 e. The normalized spacial score (nSPS) is 17.7. The molecular weight excluding hydrogens is 442 g/mol. The Kier molecular flexibility index (Phi) is 5.61. The summed E-state index contributed by atoms with van der Waals surface area (Å²) in [6.07, 6.45) is 3.49. The first-order chi connectivity index (χ1) is 15.1. The van der Waals surface area contributed by atoms with E-state index >= 15 is 0 Å². The zero-order chi connectivity index (χ0) is 22.7. The van der Waals surface area contributed by atoms with Gasteiger partial charge in [0.1, 0.15) is 17.0 Å². The fraction of sp³-hybridized carbons (Fsp3) is 0.455. The third-order valence-electron chi connectivity index (χ3n) is 5.90. The van der Waals surface area contributed by atoms with Crippen molar-refractivity contribution in [2.45, 2.75) is 57.7 Å². The summed E-state index contributed by atoms with van der Waals surface area (Å²) in [6, 6.07) is 7.33. The molecule has 0 amide bonds. The number of rotatable bonds is 3. The maximum absolute atomic E-state index is 10.6. The highest BCUT2D eigenvalue weighted by Crippen LogP contribution is 2.37. The van der Waals surface area contributed by atoms with Crippen LogP contribution < -0.4 is 5.32 Å². The highest BCUT2D eigenvalue weighted by Gasteiger charge is 2.39. The molecule has 0 bridgehead atoms. The first-order valence-electron chi connectivity index (χ1n) is 10.7. The van der Waals surface area contributed by atoms with Gasteiger partial charge in [-0.2, -0.15) is 15.0 Å². The molecule has 4 aromatic rings. The molecule has 0 aliphatic carbocycles. The minimum Gasteiger partial charge on any atom is -0.507 e. The molecule has 33 heavy (non-hydrogen) atoms. The Hall–Kier alpha value is -3.11. The number of nitrogens with zero attached hydrogens (tertiary/aromatic N) is 8. The second-order valence-corrected chi connectivity index (χ2v) is 9.88. The van der Waals surface area contributed by atoms with Crippen LogP contribution in [-0.4, -0.2) is 56.4 Å². The lowest BCUT2D eigenvalue weighted by molar-refractivity contribution is 0.127. The average Bonchev–Trinajstić information content (AvgIpc) is 3.31. The molecule has 0 spiro atoms. The number of phenolic OH excluding ortho intramolecular Hbond substituents is 1. The van der Waals surface area contributed by atoms with Crippen LogP contribution >= 0.6 is 12.4 Å². The van der Waals surface area contributed by atoms with E-state index in [0.29, 0.717) is 28.1 Å². The van der Waals surface area contributed by atoms with E-state index in [0.717, 1.165) is 18.4 Å². The lowest BCUT2D eigenvalue weighted by Gasteiger charge is -2.46. The molecule has 1 aliphatic rings. The summed E-state index contributed by atoms with van der Waals surface area (Å²) in [4.78, 5) is 1.48. The molecule has 1 aliphatic heterocycles. The van der Waals surface area contributed by atoms with E-state index < -0.39 is 0 Å². The van der Waals surface area contributed by atoms with Crippen molar-refractivity contribution in [2.24, 2.45) is 7.05 Å². The SMILES string of the molecule is Cl.Cn1ncc(-c2ccc(-c3cc4nnn(C5CC(C)(C)NC(C)(C)C5)c4nn3)c(O)c2)n1. The van der Waals surface area contributed by atoms with E-state index in [4.69, 9.17) is 0 Å². The van der Waals surface area contributed by atoms with Gasteiger partial charge >= 0.3 is 0 Å². The van der Waals surface area contributed by atoms with Crippen molar-refractivity contribution in [1.29, 1.82) is 0 Å². The van der Waals surface area contributed by atoms with E-state index in [1.54, 1.807) is 25.4 Å². The number of aromatic nitrogens is 8. The minimum atomic E-state index is -0.0191. The molecule has 11 heteroatoms. The van der Waals surface area contributed by atoms with Crippen molar-refractivity contribution >= 4 is 23.6 Å². The molecule has 0 saturated carbocycles.